The monoisotopic (exact) mass is 211 g/mol. The van der Waals surface area contributed by atoms with E-state index in [4.69, 9.17) is 10.2 Å². The van der Waals surface area contributed by atoms with Gasteiger partial charge in [-0.2, -0.15) is 0 Å². The number of hydrogen-bond acceptors (Lipinski definition) is 4. The first-order valence-corrected chi connectivity index (χ1v) is 4.99. The van der Waals surface area contributed by atoms with Gasteiger partial charge in [0.2, 0.25) is 0 Å². The molecule has 1 heterocycles. The number of esters is 1. The smallest absolute Gasteiger partial charge is 0.306 e. The lowest BCUT2D eigenvalue weighted by Crippen LogP contribution is -2.36. The van der Waals surface area contributed by atoms with Gasteiger partial charge in [0.15, 0.2) is 0 Å². The van der Waals surface area contributed by atoms with Crippen LogP contribution < -0.4 is 5.73 Å². The van der Waals surface area contributed by atoms with Crippen LogP contribution in [0.4, 0.5) is 0 Å². The maximum Gasteiger partial charge on any atom is 0.306 e. The van der Waals surface area contributed by atoms with Crippen molar-refractivity contribution in [1.82, 2.24) is 0 Å². The number of nitrogens with two attached hydrogens (primary N) is 1. The second kappa shape index (κ2) is 4.98. The van der Waals surface area contributed by atoms with Gasteiger partial charge in [0.05, 0.1) is 25.2 Å². The van der Waals surface area contributed by atoms with Crippen molar-refractivity contribution in [2.24, 2.45) is 5.73 Å². The molecule has 0 aromatic carbocycles. The Labute approximate surface area is 89.4 Å². The molecular formula is C11H17NO3. The fourth-order valence-electron chi connectivity index (χ4n) is 1.63. The lowest BCUT2D eigenvalue weighted by atomic mass is 9.79. The van der Waals surface area contributed by atoms with Gasteiger partial charge in [-0.25, -0.2) is 0 Å². The number of hydrogen-bond donors (Lipinski definition) is 1. The summed E-state index contributed by atoms with van der Waals surface area (Å²) in [4.78, 5) is 11.3. The van der Waals surface area contributed by atoms with Gasteiger partial charge in [-0.05, 0) is 18.6 Å². The first-order chi connectivity index (χ1) is 7.18. The summed E-state index contributed by atoms with van der Waals surface area (Å²) in [5, 5.41) is 0. The Kier molecular flexibility index (Phi) is 3.91. The second-order valence-corrected chi connectivity index (χ2v) is 3.57. The second-order valence-electron chi connectivity index (χ2n) is 3.57. The lowest BCUT2D eigenvalue weighted by Gasteiger charge is -2.27. The molecule has 0 spiro atoms. The highest BCUT2D eigenvalue weighted by Gasteiger charge is 2.34. The summed E-state index contributed by atoms with van der Waals surface area (Å²) in [6.45, 7) is 2.35. The summed E-state index contributed by atoms with van der Waals surface area (Å²) in [7, 11) is 1.38. The van der Waals surface area contributed by atoms with E-state index in [9.17, 15) is 4.79 Å². The Morgan fingerprint density at radius 3 is 2.80 bits per heavy atom. The Morgan fingerprint density at radius 2 is 2.40 bits per heavy atom. The Bertz CT molecular complexity index is 302. The maximum absolute atomic E-state index is 11.3. The predicted octanol–water partition coefficient (Wildman–Crippen LogP) is 1.45. The molecule has 0 amide bonds. The van der Waals surface area contributed by atoms with Gasteiger partial charge in [0.1, 0.15) is 5.76 Å². The molecular weight excluding hydrogens is 194 g/mol. The van der Waals surface area contributed by atoms with Crippen LogP contribution in [0.1, 0.15) is 25.5 Å². The molecule has 4 nitrogen and oxygen atoms in total. The number of ether oxygens (including phenoxy) is 1. The van der Waals surface area contributed by atoms with Crippen LogP contribution in [0, 0.1) is 0 Å². The van der Waals surface area contributed by atoms with Crippen molar-refractivity contribution < 1.29 is 13.9 Å². The van der Waals surface area contributed by atoms with E-state index in [0.717, 1.165) is 12.2 Å². The number of methoxy groups -OCH3 is 1. The zero-order valence-electron chi connectivity index (χ0n) is 9.16. The highest BCUT2D eigenvalue weighted by Crippen LogP contribution is 2.31. The fraction of sp³-hybridized carbons (Fsp3) is 0.545. The van der Waals surface area contributed by atoms with Crippen LogP contribution in [0.15, 0.2) is 22.8 Å². The molecule has 0 aliphatic heterocycles. The van der Waals surface area contributed by atoms with E-state index in [0.29, 0.717) is 6.54 Å². The molecule has 0 radical (unpaired) electrons. The number of carbonyl (C=O) groups excluding carboxylic acids is 1. The quantitative estimate of drug-likeness (QED) is 0.748. The first kappa shape index (κ1) is 11.8. The lowest BCUT2D eigenvalue weighted by molar-refractivity contribution is -0.142. The molecule has 1 rings (SSSR count). The number of carbonyl (C=O) groups is 1. The van der Waals surface area contributed by atoms with Gasteiger partial charge in [-0.3, -0.25) is 4.79 Å². The van der Waals surface area contributed by atoms with Gasteiger partial charge < -0.3 is 14.9 Å². The van der Waals surface area contributed by atoms with E-state index in [2.05, 4.69) is 4.74 Å². The maximum atomic E-state index is 11.3. The zero-order valence-corrected chi connectivity index (χ0v) is 9.16. The SMILES string of the molecule is CCC(CN)(CC(=O)OC)c1ccco1. The molecule has 0 fully saturated rings. The van der Waals surface area contributed by atoms with Gasteiger partial charge in [-0.15, -0.1) is 0 Å². The topological polar surface area (TPSA) is 65.5 Å². The average Bonchev–Trinajstić information content (AvgIpc) is 2.79. The standard InChI is InChI=1S/C11H17NO3/c1-3-11(8-12,7-10(13)14-2)9-5-4-6-15-9/h4-6H,3,7-8,12H2,1-2H3. The van der Waals surface area contributed by atoms with Crippen molar-refractivity contribution in [1.29, 1.82) is 0 Å². The highest BCUT2D eigenvalue weighted by molar-refractivity contribution is 5.71. The third-order valence-electron chi connectivity index (χ3n) is 2.82. The van der Waals surface area contributed by atoms with Crippen molar-refractivity contribution >= 4 is 5.97 Å². The summed E-state index contributed by atoms with van der Waals surface area (Å²) in [6.07, 6.45) is 2.59. The molecule has 1 aromatic rings. The van der Waals surface area contributed by atoms with Crippen LogP contribution in [0.5, 0.6) is 0 Å². The van der Waals surface area contributed by atoms with Crippen molar-refractivity contribution in [2.45, 2.75) is 25.2 Å². The van der Waals surface area contributed by atoms with Gasteiger partial charge in [0, 0.05) is 6.54 Å². The van der Waals surface area contributed by atoms with Gasteiger partial charge in [0.25, 0.3) is 0 Å². The minimum atomic E-state index is -0.434. The van der Waals surface area contributed by atoms with Gasteiger partial charge >= 0.3 is 5.97 Å². The van der Waals surface area contributed by atoms with E-state index in [1.807, 2.05) is 13.0 Å². The van der Waals surface area contributed by atoms with E-state index in [1.54, 1.807) is 12.3 Å². The van der Waals surface area contributed by atoms with Gasteiger partial charge in [-0.1, -0.05) is 6.92 Å². The third-order valence-corrected chi connectivity index (χ3v) is 2.82. The van der Waals surface area contributed by atoms with Crippen molar-refractivity contribution in [3.8, 4) is 0 Å². The highest BCUT2D eigenvalue weighted by atomic mass is 16.5. The molecule has 1 atom stereocenters. The fourth-order valence-corrected chi connectivity index (χ4v) is 1.63. The molecule has 4 heteroatoms. The molecule has 1 unspecified atom stereocenters. The summed E-state index contributed by atoms with van der Waals surface area (Å²) in [5.74, 6) is 0.483. The first-order valence-electron chi connectivity index (χ1n) is 4.99. The molecule has 1 aromatic heterocycles. The van der Waals surface area contributed by atoms with E-state index in [-0.39, 0.29) is 12.4 Å². The van der Waals surface area contributed by atoms with Crippen LogP contribution in [0.25, 0.3) is 0 Å². The van der Waals surface area contributed by atoms with Crippen molar-refractivity contribution in [3.05, 3.63) is 24.2 Å². The van der Waals surface area contributed by atoms with E-state index in [1.165, 1.54) is 7.11 Å². The predicted molar refractivity (Wildman–Crippen MR) is 56.4 cm³/mol. The third kappa shape index (κ3) is 2.39. The molecule has 2 N–H and O–H groups in total. The molecule has 0 aliphatic rings. The van der Waals surface area contributed by atoms with Crippen LogP contribution in [0.3, 0.4) is 0 Å². The van der Waals surface area contributed by atoms with Crippen LogP contribution in [0.2, 0.25) is 0 Å². The molecule has 0 saturated carbocycles. The normalized spacial score (nSPS) is 14.6. The Balaban J connectivity index is 2.92. The van der Waals surface area contributed by atoms with Crippen LogP contribution >= 0.6 is 0 Å². The summed E-state index contributed by atoms with van der Waals surface area (Å²) in [5.41, 5.74) is 5.31. The van der Waals surface area contributed by atoms with Crippen molar-refractivity contribution in [2.75, 3.05) is 13.7 Å². The summed E-state index contributed by atoms with van der Waals surface area (Å²) in [6, 6.07) is 3.64. The summed E-state index contributed by atoms with van der Waals surface area (Å²) >= 11 is 0. The average molecular weight is 211 g/mol. The number of rotatable bonds is 5. The Hall–Kier alpha value is -1.29. The molecule has 0 aliphatic carbocycles. The van der Waals surface area contributed by atoms with Crippen LogP contribution in [-0.4, -0.2) is 19.6 Å². The minimum Gasteiger partial charge on any atom is -0.469 e. The largest absolute Gasteiger partial charge is 0.469 e. The Morgan fingerprint density at radius 1 is 1.67 bits per heavy atom. The van der Waals surface area contributed by atoms with E-state index >= 15 is 0 Å². The molecule has 0 saturated heterocycles. The van der Waals surface area contributed by atoms with Crippen LogP contribution in [-0.2, 0) is 14.9 Å². The van der Waals surface area contributed by atoms with Crippen molar-refractivity contribution in [3.63, 3.8) is 0 Å². The molecule has 0 bridgehead atoms. The minimum absolute atomic E-state index is 0.254. The zero-order chi connectivity index (χ0) is 11.3. The molecule has 15 heavy (non-hydrogen) atoms. The van der Waals surface area contributed by atoms with E-state index < -0.39 is 5.41 Å². The summed E-state index contributed by atoms with van der Waals surface area (Å²) < 4.78 is 10.0. The molecule has 84 valence electrons. The number of furan rings is 1.